The quantitative estimate of drug-likeness (QED) is 0.0721. The molecule has 0 unspecified atom stereocenters. The zero-order chi connectivity index (χ0) is 43.3. The van der Waals surface area contributed by atoms with Gasteiger partial charge in [0.2, 0.25) is 0 Å². The Balaban J connectivity index is 0.00000456. The SMILES string of the molecule is CC1(C)c2ccc([Si](c3[c-]c4c(cc3)c3ccccc3n3ccnc43)(c3ccccc3)c3ccccc3)[c-]c2N(c2ccccn2)c2ccc3c4ccccc4n(-c4ccccc4)c3c21.[Pt+2]. The summed E-state index contributed by atoms with van der Waals surface area (Å²) in [4.78, 5) is 12.4. The van der Waals surface area contributed by atoms with Crippen molar-refractivity contribution in [1.82, 2.24) is 18.9 Å². The van der Waals surface area contributed by atoms with Gasteiger partial charge in [0.25, 0.3) is 0 Å². The van der Waals surface area contributed by atoms with Crippen molar-refractivity contribution in [2.24, 2.45) is 0 Å². The molecule has 0 radical (unpaired) electrons. The van der Waals surface area contributed by atoms with Crippen molar-refractivity contribution in [3.05, 3.63) is 236 Å². The van der Waals surface area contributed by atoms with E-state index in [1.54, 1.807) is 0 Å². The fraction of sp³-hybridized carbons (Fsp3) is 0.0508. The number of hydrogen-bond donors (Lipinski definition) is 0. The van der Waals surface area contributed by atoms with Crippen LogP contribution in [-0.2, 0) is 26.5 Å². The molecule has 7 heteroatoms. The van der Waals surface area contributed by atoms with Crippen LogP contribution < -0.4 is 25.6 Å². The van der Waals surface area contributed by atoms with E-state index in [0.717, 1.165) is 55.2 Å². The molecule has 1 aliphatic heterocycles. The topological polar surface area (TPSA) is 38.4 Å². The Morgan fingerprint density at radius 1 is 0.515 bits per heavy atom. The van der Waals surface area contributed by atoms with Crippen LogP contribution in [0.1, 0.15) is 25.0 Å². The van der Waals surface area contributed by atoms with E-state index in [2.05, 4.69) is 234 Å². The molecule has 4 aromatic heterocycles. The summed E-state index contributed by atoms with van der Waals surface area (Å²) in [5.41, 5.74) is 9.65. The number of benzene rings is 8. The largest absolute Gasteiger partial charge is 2.00 e. The van der Waals surface area contributed by atoms with E-state index >= 15 is 0 Å². The van der Waals surface area contributed by atoms with Crippen molar-refractivity contribution < 1.29 is 21.1 Å². The third-order valence-electron chi connectivity index (χ3n) is 13.9. The minimum atomic E-state index is -3.20. The van der Waals surface area contributed by atoms with Crippen LogP contribution in [-0.4, -0.2) is 27.0 Å². The van der Waals surface area contributed by atoms with Gasteiger partial charge >= 0.3 is 21.1 Å². The second kappa shape index (κ2) is 15.4. The maximum absolute atomic E-state index is 5.10. The number of rotatable bonds is 6. The van der Waals surface area contributed by atoms with Crippen LogP contribution in [0, 0.1) is 12.1 Å². The maximum Gasteiger partial charge on any atom is 2.00 e. The van der Waals surface area contributed by atoms with Crippen molar-refractivity contribution in [2.75, 3.05) is 4.90 Å². The van der Waals surface area contributed by atoms with Gasteiger partial charge < -0.3 is 13.9 Å². The second-order valence-electron chi connectivity index (χ2n) is 17.6. The number of anilines is 3. The van der Waals surface area contributed by atoms with Gasteiger partial charge in [-0.3, -0.25) is 4.98 Å². The Labute approximate surface area is 398 Å². The Bertz CT molecular complexity index is 3770. The molecule has 0 amide bonds. The van der Waals surface area contributed by atoms with Crippen LogP contribution in [0.3, 0.4) is 0 Å². The van der Waals surface area contributed by atoms with Crippen molar-refractivity contribution in [3.63, 3.8) is 0 Å². The second-order valence-corrected chi connectivity index (χ2v) is 21.3. The first-order valence-electron chi connectivity index (χ1n) is 22.3. The minimum absolute atomic E-state index is 0. The van der Waals surface area contributed by atoms with Crippen LogP contribution in [0.2, 0.25) is 0 Å². The average molecular weight is 1040 g/mol. The van der Waals surface area contributed by atoms with Crippen LogP contribution in [0.25, 0.3) is 54.8 Å². The summed E-state index contributed by atoms with van der Waals surface area (Å²) in [5, 5.41) is 10.6. The molecule has 0 aliphatic carbocycles. The van der Waals surface area contributed by atoms with Gasteiger partial charge in [0.1, 0.15) is 13.9 Å². The Kier molecular flexibility index (Phi) is 9.35. The molecule has 316 valence electrons. The van der Waals surface area contributed by atoms with E-state index < -0.39 is 13.5 Å². The van der Waals surface area contributed by atoms with Crippen molar-refractivity contribution in [1.29, 1.82) is 0 Å². The van der Waals surface area contributed by atoms with Gasteiger partial charge in [0.15, 0.2) is 0 Å². The third kappa shape index (κ3) is 5.68. The van der Waals surface area contributed by atoms with Crippen LogP contribution in [0.15, 0.2) is 213 Å². The fourth-order valence-electron chi connectivity index (χ4n) is 11.1. The Morgan fingerprint density at radius 3 is 1.83 bits per heavy atom. The molecule has 0 saturated carbocycles. The van der Waals surface area contributed by atoms with Crippen molar-refractivity contribution >= 4 is 95.1 Å². The van der Waals surface area contributed by atoms with Gasteiger partial charge in [-0.25, -0.2) is 4.98 Å². The van der Waals surface area contributed by atoms with Gasteiger partial charge in [0.05, 0.1) is 22.4 Å². The molecule has 0 atom stereocenters. The summed E-state index contributed by atoms with van der Waals surface area (Å²) in [7, 11) is -3.20. The fourth-order valence-corrected chi connectivity index (χ4v) is 15.6. The maximum atomic E-state index is 5.10. The summed E-state index contributed by atoms with van der Waals surface area (Å²) < 4.78 is 4.67. The average Bonchev–Trinajstić information content (AvgIpc) is 4.00. The number of pyridine rings is 2. The number of para-hydroxylation sites is 3. The first kappa shape index (κ1) is 40.2. The predicted molar refractivity (Wildman–Crippen MR) is 270 cm³/mol. The molecule has 8 aromatic carbocycles. The zero-order valence-electron chi connectivity index (χ0n) is 36.3. The summed E-state index contributed by atoms with van der Waals surface area (Å²) in [6, 6.07) is 79.0. The number of aromatic nitrogens is 4. The van der Waals surface area contributed by atoms with E-state index in [1.807, 2.05) is 18.5 Å². The van der Waals surface area contributed by atoms with Gasteiger partial charge in [-0.1, -0.05) is 152 Å². The molecule has 12 aromatic rings. The van der Waals surface area contributed by atoms with Gasteiger partial charge in [-0.2, -0.15) is 23.4 Å². The smallest absolute Gasteiger partial charge is 0.340 e. The predicted octanol–water partition coefficient (Wildman–Crippen LogP) is 11.2. The molecule has 1 aliphatic rings. The van der Waals surface area contributed by atoms with Crippen molar-refractivity contribution in [3.8, 4) is 5.69 Å². The summed E-state index contributed by atoms with van der Waals surface area (Å²) >= 11 is 0. The van der Waals surface area contributed by atoms with E-state index in [1.165, 1.54) is 48.7 Å². The molecule has 0 fully saturated rings. The molecule has 0 bridgehead atoms. The normalized spacial score (nSPS) is 13.3. The van der Waals surface area contributed by atoms with Crippen LogP contribution >= 0.6 is 0 Å². The molecular weight excluding hydrogens is 1000 g/mol. The van der Waals surface area contributed by atoms with E-state index in [0.29, 0.717) is 0 Å². The Morgan fingerprint density at radius 2 is 1.12 bits per heavy atom. The van der Waals surface area contributed by atoms with E-state index in [-0.39, 0.29) is 21.1 Å². The van der Waals surface area contributed by atoms with E-state index in [4.69, 9.17) is 9.97 Å². The number of hydrogen-bond acceptors (Lipinski definition) is 3. The third-order valence-corrected chi connectivity index (χ3v) is 18.5. The molecule has 5 nitrogen and oxygen atoms in total. The standard InChI is InChI=1S/C59H41N5Si.Pt/c1-59(2)50-33-30-44(39-54(50)64(55-28-16-17-35-60-55)53-34-32-48-47-25-13-15-27-52(47)63(57(48)56(53)59)40-18-6-3-7-19-40)65(41-20-8-4-9-21-41,42-22-10-5-11-23-42)43-29-31-45-46-24-12-14-26-51(46)62-37-36-61-58(62)49(45)38-43;/h3-37H,1-2H3;/q-2;+2. The molecular formula is C59H41N5PtSi. The first-order chi connectivity index (χ1) is 32.0. The van der Waals surface area contributed by atoms with Crippen molar-refractivity contribution in [2.45, 2.75) is 19.3 Å². The molecule has 0 N–H and O–H groups in total. The number of fused-ring (bicyclic) bond motifs is 12. The van der Waals surface area contributed by atoms with Gasteiger partial charge in [-0.05, 0) is 69.2 Å². The zero-order valence-corrected chi connectivity index (χ0v) is 39.5. The monoisotopic (exact) mass is 1040 g/mol. The van der Waals surface area contributed by atoms with Crippen LogP contribution in [0.4, 0.5) is 17.2 Å². The number of nitrogens with zero attached hydrogens (tertiary/aromatic N) is 5. The minimum Gasteiger partial charge on any atom is -0.340 e. The summed E-state index contributed by atoms with van der Waals surface area (Å²) in [5.74, 6) is 0.846. The number of imidazole rings is 1. The summed E-state index contributed by atoms with van der Waals surface area (Å²) in [6.07, 6.45) is 5.86. The van der Waals surface area contributed by atoms with Gasteiger partial charge in [0, 0.05) is 40.6 Å². The van der Waals surface area contributed by atoms with Crippen LogP contribution in [0.5, 0.6) is 0 Å². The summed E-state index contributed by atoms with van der Waals surface area (Å²) in [6.45, 7) is 4.77. The first-order valence-corrected chi connectivity index (χ1v) is 24.3. The van der Waals surface area contributed by atoms with E-state index in [9.17, 15) is 0 Å². The molecule has 66 heavy (non-hydrogen) atoms. The molecule has 13 rings (SSSR count). The molecule has 5 heterocycles. The Hall–Kier alpha value is -7.37. The molecule has 0 saturated heterocycles. The molecule has 0 spiro atoms. The van der Waals surface area contributed by atoms with Gasteiger partial charge in [-0.15, -0.1) is 34.3 Å².